The monoisotopic (exact) mass is 589 g/mol. The number of nitrogens with zero attached hydrogens (tertiary/aromatic N) is 4. The fourth-order valence-electron chi connectivity index (χ4n) is 4.59. The predicted octanol–water partition coefficient (Wildman–Crippen LogP) is 4.58. The van der Waals surface area contributed by atoms with Crippen LogP contribution in [0.15, 0.2) is 42.7 Å². The van der Waals surface area contributed by atoms with Crippen LogP contribution in [0, 0.1) is 16.0 Å². The van der Waals surface area contributed by atoms with Crippen molar-refractivity contribution < 1.29 is 19.6 Å². The highest BCUT2D eigenvalue weighted by molar-refractivity contribution is 6.36. The molecule has 14 heteroatoms. The Hall–Kier alpha value is -3.87. The van der Waals surface area contributed by atoms with Crippen LogP contribution in [-0.4, -0.2) is 62.5 Å². The van der Waals surface area contributed by atoms with Crippen LogP contribution in [-0.2, 0) is 16.1 Å². The number of aromatic nitrogens is 2. The number of pyridine rings is 1. The van der Waals surface area contributed by atoms with Crippen molar-refractivity contribution in [1.82, 2.24) is 14.5 Å². The molecule has 3 aromatic rings. The Bertz CT molecular complexity index is 1410. The summed E-state index contributed by atoms with van der Waals surface area (Å²) in [6, 6.07) is 7.97. The van der Waals surface area contributed by atoms with E-state index in [0.29, 0.717) is 72.6 Å². The largest absolute Gasteiger partial charge is 0.481 e. The number of carbonyl (C=O) groups excluding carboxylic acids is 1. The Morgan fingerprint density at radius 1 is 1.15 bits per heavy atom. The number of nitrogen functional groups attached to an aromatic ring is 1. The molecule has 4 rings (SSSR count). The van der Waals surface area contributed by atoms with Gasteiger partial charge in [-0.25, -0.2) is 4.98 Å². The van der Waals surface area contributed by atoms with E-state index in [0.717, 1.165) is 5.56 Å². The van der Waals surface area contributed by atoms with E-state index in [2.05, 4.69) is 15.6 Å². The lowest BCUT2D eigenvalue weighted by molar-refractivity contribution is -0.384. The van der Waals surface area contributed by atoms with Crippen LogP contribution in [0.1, 0.15) is 19.3 Å². The Labute approximate surface area is 240 Å². The Balaban J connectivity index is 1.41. The second-order valence-electron chi connectivity index (χ2n) is 9.52. The number of halogens is 2. The first kappa shape index (κ1) is 29.1. The number of carboxylic acid groups (broad SMARTS) is 1. The number of likely N-dealkylation sites (tertiary alicyclic amines) is 1. The maximum Gasteiger partial charge on any atom is 0.311 e. The lowest BCUT2D eigenvalue weighted by atomic mass is 9.97. The summed E-state index contributed by atoms with van der Waals surface area (Å²) < 4.78 is 1.94. The van der Waals surface area contributed by atoms with Gasteiger partial charge in [-0.15, -0.1) is 0 Å². The van der Waals surface area contributed by atoms with E-state index >= 15 is 0 Å². The van der Waals surface area contributed by atoms with Crippen molar-refractivity contribution in [2.75, 3.05) is 42.5 Å². The average Bonchev–Trinajstić information content (AvgIpc) is 3.28. The normalized spacial score (nSPS) is 14.2. The van der Waals surface area contributed by atoms with Gasteiger partial charge >= 0.3 is 11.7 Å². The number of hydrogen-bond acceptors (Lipinski definition) is 8. The summed E-state index contributed by atoms with van der Waals surface area (Å²) in [6.07, 6.45) is 5.43. The van der Waals surface area contributed by atoms with Gasteiger partial charge in [-0.05, 0) is 50.6 Å². The van der Waals surface area contributed by atoms with Crippen LogP contribution in [0.2, 0.25) is 10.0 Å². The first-order chi connectivity index (χ1) is 19.1. The molecule has 0 atom stereocenters. The second-order valence-corrected chi connectivity index (χ2v) is 10.4. The molecule has 0 radical (unpaired) electrons. The van der Waals surface area contributed by atoms with Crippen LogP contribution >= 0.6 is 23.2 Å². The highest BCUT2D eigenvalue weighted by Crippen LogP contribution is 2.36. The minimum Gasteiger partial charge on any atom is -0.481 e. The summed E-state index contributed by atoms with van der Waals surface area (Å²) in [5.41, 5.74) is 7.45. The van der Waals surface area contributed by atoms with E-state index in [-0.39, 0.29) is 29.9 Å². The van der Waals surface area contributed by atoms with E-state index < -0.39 is 10.9 Å². The number of aliphatic carboxylic acids is 1. The molecule has 40 heavy (non-hydrogen) atoms. The van der Waals surface area contributed by atoms with Crippen LogP contribution in [0.5, 0.6) is 0 Å². The zero-order chi connectivity index (χ0) is 28.8. The van der Waals surface area contributed by atoms with Crippen LogP contribution in [0.4, 0.5) is 23.0 Å². The quantitative estimate of drug-likeness (QED) is 0.142. The van der Waals surface area contributed by atoms with E-state index in [9.17, 15) is 24.8 Å². The maximum atomic E-state index is 12.9. The van der Waals surface area contributed by atoms with Crippen molar-refractivity contribution in [3.63, 3.8) is 0 Å². The van der Waals surface area contributed by atoms with Crippen molar-refractivity contribution in [3.8, 4) is 11.1 Å². The van der Waals surface area contributed by atoms with Gasteiger partial charge in [0.05, 0.1) is 28.1 Å². The van der Waals surface area contributed by atoms with Gasteiger partial charge < -0.3 is 26.0 Å². The summed E-state index contributed by atoms with van der Waals surface area (Å²) in [7, 11) is 0. The van der Waals surface area contributed by atoms with Gasteiger partial charge in [0.1, 0.15) is 5.82 Å². The molecule has 0 saturated carbocycles. The molecule has 0 bridgehead atoms. The highest BCUT2D eigenvalue weighted by atomic mass is 35.5. The molecule has 1 amide bonds. The third-order valence-corrected chi connectivity index (χ3v) is 7.23. The number of aryl methyl sites for hydroxylation is 1. The van der Waals surface area contributed by atoms with Crippen molar-refractivity contribution in [1.29, 1.82) is 0 Å². The number of benzene rings is 1. The molecular weight excluding hydrogens is 561 g/mol. The van der Waals surface area contributed by atoms with Gasteiger partial charge in [0.15, 0.2) is 0 Å². The smallest absolute Gasteiger partial charge is 0.311 e. The summed E-state index contributed by atoms with van der Waals surface area (Å²) in [4.78, 5) is 40.5. The van der Waals surface area contributed by atoms with Crippen LogP contribution < -0.4 is 16.4 Å². The molecule has 12 nitrogen and oxygen atoms in total. The number of piperidine rings is 1. The van der Waals surface area contributed by atoms with Crippen LogP contribution in [0.3, 0.4) is 0 Å². The second kappa shape index (κ2) is 13.0. The third-order valence-electron chi connectivity index (χ3n) is 6.68. The number of amides is 1. The van der Waals surface area contributed by atoms with Gasteiger partial charge in [-0.2, -0.15) is 0 Å². The minimum absolute atomic E-state index is 0.153. The van der Waals surface area contributed by atoms with E-state index in [1.807, 2.05) is 21.9 Å². The fraction of sp³-hybridized carbons (Fsp3) is 0.346. The van der Waals surface area contributed by atoms with Gasteiger partial charge in [0.25, 0.3) is 0 Å². The first-order valence-electron chi connectivity index (χ1n) is 12.7. The lowest BCUT2D eigenvalue weighted by Crippen LogP contribution is -2.40. The zero-order valence-electron chi connectivity index (χ0n) is 21.5. The lowest BCUT2D eigenvalue weighted by Gasteiger charge is -2.29. The number of nitrogens with two attached hydrogens (primary N) is 1. The Morgan fingerprint density at radius 2 is 1.90 bits per heavy atom. The molecular formula is C26H29Cl2N7O5. The summed E-state index contributed by atoms with van der Waals surface area (Å²) >= 11 is 12.6. The molecule has 0 aliphatic carbocycles. The molecule has 1 aromatic carbocycles. The number of rotatable bonds is 11. The number of nitro groups is 1. The van der Waals surface area contributed by atoms with Gasteiger partial charge in [0, 0.05) is 47.7 Å². The van der Waals surface area contributed by atoms with Crippen LogP contribution in [0.25, 0.3) is 11.1 Å². The molecule has 0 unspecified atom stereocenters. The highest BCUT2D eigenvalue weighted by Gasteiger charge is 2.26. The molecule has 0 spiro atoms. The predicted molar refractivity (Wildman–Crippen MR) is 154 cm³/mol. The summed E-state index contributed by atoms with van der Waals surface area (Å²) in [6.45, 7) is 2.35. The standard InChI is InChI=1S/C26H29Cl2N7O5/c27-17-2-3-18(20(28)12-17)19-13-34(9-1-8-30-23-5-4-22(35(39)40)25(29)32-23)14-21(19)31-24(36)15-33-10-6-16(7-11-33)26(37)38/h2-5,12-14,16H,1,6-11,15H2,(H,31,36)(H,37,38)(H3,29,30,32). The van der Waals surface area contributed by atoms with Crippen molar-refractivity contribution in [2.24, 2.45) is 5.92 Å². The van der Waals surface area contributed by atoms with Crippen molar-refractivity contribution >= 4 is 58.1 Å². The molecule has 212 valence electrons. The number of carboxylic acids is 1. The molecule has 3 heterocycles. The van der Waals surface area contributed by atoms with E-state index in [1.165, 1.54) is 12.1 Å². The van der Waals surface area contributed by atoms with Crippen molar-refractivity contribution in [2.45, 2.75) is 25.8 Å². The summed E-state index contributed by atoms with van der Waals surface area (Å²) in [5.74, 6) is -1.09. The van der Waals surface area contributed by atoms with E-state index in [1.54, 1.807) is 18.2 Å². The van der Waals surface area contributed by atoms with Crippen molar-refractivity contribution in [3.05, 3.63) is 62.9 Å². The Kier molecular flexibility index (Phi) is 9.46. The van der Waals surface area contributed by atoms with Gasteiger partial charge in [-0.3, -0.25) is 24.6 Å². The molecule has 5 N–H and O–H groups in total. The maximum absolute atomic E-state index is 12.9. The minimum atomic E-state index is -0.793. The molecule has 2 aromatic heterocycles. The molecule has 1 saturated heterocycles. The third kappa shape index (κ3) is 7.40. The number of anilines is 3. The molecule has 1 aliphatic heterocycles. The molecule has 1 aliphatic rings. The number of carbonyl (C=O) groups is 2. The number of nitrogens with one attached hydrogen (secondary N) is 2. The zero-order valence-corrected chi connectivity index (χ0v) is 23.0. The molecule has 1 fully saturated rings. The SMILES string of the molecule is Nc1nc(NCCCn2cc(NC(=O)CN3CCC(C(=O)O)CC3)c(-c3ccc(Cl)cc3Cl)c2)ccc1[N+](=O)[O-]. The average molecular weight is 590 g/mol. The topological polar surface area (TPSA) is 169 Å². The van der Waals surface area contributed by atoms with E-state index in [4.69, 9.17) is 28.9 Å². The Morgan fingerprint density at radius 3 is 2.55 bits per heavy atom. The number of hydrogen-bond donors (Lipinski definition) is 4. The summed E-state index contributed by atoms with van der Waals surface area (Å²) in [5, 5.41) is 27.2. The fourth-order valence-corrected chi connectivity index (χ4v) is 5.10. The van der Waals surface area contributed by atoms with Gasteiger partial charge in [0.2, 0.25) is 11.7 Å². The van der Waals surface area contributed by atoms with Gasteiger partial charge in [-0.1, -0.05) is 29.3 Å². The first-order valence-corrected chi connectivity index (χ1v) is 13.4.